The number of rotatable bonds is 8. The van der Waals surface area contributed by atoms with Crippen LogP contribution in [0.1, 0.15) is 35.4 Å². The Morgan fingerprint density at radius 3 is 2.59 bits per heavy atom. The molecule has 0 radical (unpaired) electrons. The van der Waals surface area contributed by atoms with Crippen LogP contribution >= 0.6 is 0 Å². The summed E-state index contributed by atoms with van der Waals surface area (Å²) in [6.07, 6.45) is 3.11. The maximum atomic E-state index is 12.4. The molecule has 2 N–H and O–H groups in total. The first-order valence-electron chi connectivity index (χ1n) is 13.0. The standard InChI is InChI=1S/C30H27N7O4/c1-41-27-10-6-5-9-23(27)21-13-15-36(16-14-21)25-12-11-20(17-26(25)37(39)40)19-32-35-30-33-28(22-7-3-2-4-8-22)24(18-31)29(38)34-30/h2-12,17,19,21H,13-16H2,1H3,(H2,33,34,35,38). The van der Waals surface area contributed by atoms with E-state index in [0.717, 1.165) is 24.2 Å². The Balaban J connectivity index is 1.31. The fourth-order valence-electron chi connectivity index (χ4n) is 5.07. The smallest absolute Gasteiger partial charge is 0.293 e. The monoisotopic (exact) mass is 549 g/mol. The number of nitrogens with one attached hydrogen (secondary N) is 2. The summed E-state index contributed by atoms with van der Waals surface area (Å²) in [4.78, 5) is 32.9. The van der Waals surface area contributed by atoms with Gasteiger partial charge in [-0.05, 0) is 36.5 Å². The van der Waals surface area contributed by atoms with Crippen molar-refractivity contribution in [1.29, 1.82) is 5.26 Å². The van der Waals surface area contributed by atoms with E-state index in [2.05, 4.69) is 26.6 Å². The second-order valence-electron chi connectivity index (χ2n) is 9.49. The molecule has 1 aliphatic heterocycles. The van der Waals surface area contributed by atoms with Crippen LogP contribution in [0.25, 0.3) is 11.3 Å². The van der Waals surface area contributed by atoms with Gasteiger partial charge in [0.25, 0.3) is 11.2 Å². The van der Waals surface area contributed by atoms with Crippen LogP contribution < -0.4 is 20.6 Å². The molecule has 41 heavy (non-hydrogen) atoms. The molecule has 0 atom stereocenters. The van der Waals surface area contributed by atoms with Gasteiger partial charge < -0.3 is 9.64 Å². The third-order valence-corrected chi connectivity index (χ3v) is 7.07. The van der Waals surface area contributed by atoms with Gasteiger partial charge in [-0.3, -0.25) is 19.9 Å². The molecule has 2 heterocycles. The number of ether oxygens (including phenoxy) is 1. The molecule has 0 bridgehead atoms. The van der Waals surface area contributed by atoms with Crippen LogP contribution in [0, 0.1) is 21.4 Å². The van der Waals surface area contributed by atoms with Crippen LogP contribution in [0.5, 0.6) is 5.75 Å². The highest BCUT2D eigenvalue weighted by molar-refractivity contribution is 5.83. The fourth-order valence-corrected chi connectivity index (χ4v) is 5.07. The predicted molar refractivity (Wildman–Crippen MR) is 157 cm³/mol. The lowest BCUT2D eigenvalue weighted by Gasteiger charge is -2.34. The Labute approximate surface area is 235 Å². The number of nitrogens with zero attached hydrogens (tertiary/aromatic N) is 5. The predicted octanol–water partition coefficient (Wildman–Crippen LogP) is 5.06. The van der Waals surface area contributed by atoms with E-state index in [4.69, 9.17) is 4.74 Å². The Hall–Kier alpha value is -5.50. The molecule has 0 amide bonds. The number of methoxy groups -OCH3 is 1. The Bertz CT molecular complexity index is 1690. The number of hydrogen-bond donors (Lipinski definition) is 2. The summed E-state index contributed by atoms with van der Waals surface area (Å²) in [5.41, 5.74) is 4.99. The minimum absolute atomic E-state index is 0.0130. The number of nitro benzene ring substituents is 1. The average molecular weight is 550 g/mol. The average Bonchev–Trinajstić information content (AvgIpc) is 3.01. The molecule has 0 unspecified atom stereocenters. The Morgan fingerprint density at radius 2 is 1.88 bits per heavy atom. The van der Waals surface area contributed by atoms with E-state index in [9.17, 15) is 20.2 Å². The normalized spacial score (nSPS) is 13.6. The summed E-state index contributed by atoms with van der Waals surface area (Å²) in [6, 6.07) is 23.7. The van der Waals surface area contributed by atoms with Crippen molar-refractivity contribution in [2.75, 3.05) is 30.5 Å². The molecule has 1 aromatic heterocycles. The van der Waals surface area contributed by atoms with Crippen LogP contribution in [-0.2, 0) is 0 Å². The van der Waals surface area contributed by atoms with Gasteiger partial charge >= 0.3 is 0 Å². The van der Waals surface area contributed by atoms with E-state index in [1.54, 1.807) is 43.5 Å². The number of hydrazone groups is 1. The first-order chi connectivity index (χ1) is 20.0. The number of hydrogen-bond acceptors (Lipinski definition) is 9. The maximum absolute atomic E-state index is 12.4. The first kappa shape index (κ1) is 27.1. The van der Waals surface area contributed by atoms with Crippen molar-refractivity contribution in [2.24, 2.45) is 5.10 Å². The lowest BCUT2D eigenvalue weighted by atomic mass is 9.88. The van der Waals surface area contributed by atoms with Gasteiger partial charge in [-0.15, -0.1) is 0 Å². The van der Waals surface area contributed by atoms with Gasteiger partial charge in [-0.2, -0.15) is 10.4 Å². The second-order valence-corrected chi connectivity index (χ2v) is 9.49. The Morgan fingerprint density at radius 1 is 1.15 bits per heavy atom. The fraction of sp³-hybridized carbons (Fsp3) is 0.200. The molecular weight excluding hydrogens is 522 g/mol. The van der Waals surface area contributed by atoms with Crippen molar-refractivity contribution in [2.45, 2.75) is 18.8 Å². The molecule has 11 heteroatoms. The van der Waals surface area contributed by atoms with E-state index in [0.29, 0.717) is 35.8 Å². The number of aromatic nitrogens is 2. The number of para-hydroxylation sites is 1. The SMILES string of the molecule is COc1ccccc1C1CCN(c2ccc(C=NNc3nc(-c4ccccc4)c(C#N)c(=O)[nH]3)cc2[N+](=O)[O-])CC1. The summed E-state index contributed by atoms with van der Waals surface area (Å²) in [5, 5.41) is 25.5. The molecule has 1 fully saturated rings. The molecule has 1 aliphatic rings. The minimum Gasteiger partial charge on any atom is -0.496 e. The number of nitriles is 1. The minimum atomic E-state index is -0.603. The van der Waals surface area contributed by atoms with E-state index < -0.39 is 10.5 Å². The highest BCUT2D eigenvalue weighted by Gasteiger charge is 2.27. The summed E-state index contributed by atoms with van der Waals surface area (Å²) in [6.45, 7) is 1.36. The summed E-state index contributed by atoms with van der Waals surface area (Å²) in [7, 11) is 1.67. The Kier molecular flexibility index (Phi) is 8.01. The van der Waals surface area contributed by atoms with Crippen LogP contribution in [0.2, 0.25) is 0 Å². The van der Waals surface area contributed by atoms with Gasteiger partial charge in [0, 0.05) is 30.3 Å². The van der Waals surface area contributed by atoms with Gasteiger partial charge in [-0.25, -0.2) is 10.4 Å². The topological polar surface area (TPSA) is 150 Å². The maximum Gasteiger partial charge on any atom is 0.293 e. The molecular formula is C30H27N7O4. The van der Waals surface area contributed by atoms with Crippen LogP contribution in [-0.4, -0.2) is 41.3 Å². The third kappa shape index (κ3) is 5.91. The van der Waals surface area contributed by atoms with Crippen molar-refractivity contribution in [1.82, 2.24) is 9.97 Å². The molecule has 3 aromatic carbocycles. The van der Waals surface area contributed by atoms with Gasteiger partial charge in [-0.1, -0.05) is 54.6 Å². The highest BCUT2D eigenvalue weighted by atomic mass is 16.6. The van der Waals surface area contributed by atoms with Crippen molar-refractivity contribution in [3.8, 4) is 23.1 Å². The third-order valence-electron chi connectivity index (χ3n) is 7.07. The molecule has 1 saturated heterocycles. The summed E-state index contributed by atoms with van der Waals surface area (Å²) < 4.78 is 5.52. The lowest BCUT2D eigenvalue weighted by Crippen LogP contribution is -2.33. The van der Waals surface area contributed by atoms with Crippen LogP contribution in [0.4, 0.5) is 17.3 Å². The first-order valence-corrected chi connectivity index (χ1v) is 13.0. The van der Waals surface area contributed by atoms with Crippen molar-refractivity contribution in [3.63, 3.8) is 0 Å². The van der Waals surface area contributed by atoms with Crippen LogP contribution in [0.15, 0.2) is 82.7 Å². The summed E-state index contributed by atoms with van der Waals surface area (Å²) in [5.74, 6) is 1.22. The molecule has 0 spiro atoms. The quantitative estimate of drug-likeness (QED) is 0.176. The zero-order valence-electron chi connectivity index (χ0n) is 22.3. The van der Waals surface area contributed by atoms with Gasteiger partial charge in [0.05, 0.1) is 23.9 Å². The number of piperidine rings is 1. The van der Waals surface area contributed by atoms with E-state index >= 15 is 0 Å². The van der Waals surface area contributed by atoms with E-state index in [1.807, 2.05) is 35.2 Å². The van der Waals surface area contributed by atoms with Gasteiger partial charge in [0.1, 0.15) is 23.1 Å². The molecule has 0 aliphatic carbocycles. The number of nitro groups is 1. The van der Waals surface area contributed by atoms with Gasteiger partial charge in [0.2, 0.25) is 5.95 Å². The number of H-pyrrole nitrogens is 1. The summed E-state index contributed by atoms with van der Waals surface area (Å²) >= 11 is 0. The highest BCUT2D eigenvalue weighted by Crippen LogP contribution is 2.37. The molecule has 4 aromatic rings. The molecule has 206 valence electrons. The van der Waals surface area contributed by atoms with Crippen LogP contribution in [0.3, 0.4) is 0 Å². The largest absolute Gasteiger partial charge is 0.496 e. The second kappa shape index (κ2) is 12.1. The van der Waals surface area contributed by atoms with Crippen molar-refractivity contribution in [3.05, 3.63) is 110 Å². The number of aromatic amines is 1. The van der Waals surface area contributed by atoms with E-state index in [1.165, 1.54) is 12.3 Å². The zero-order valence-corrected chi connectivity index (χ0v) is 22.3. The van der Waals surface area contributed by atoms with E-state index in [-0.39, 0.29) is 22.9 Å². The van der Waals surface area contributed by atoms with Gasteiger partial charge in [0.15, 0.2) is 0 Å². The number of anilines is 2. The zero-order chi connectivity index (χ0) is 28.8. The lowest BCUT2D eigenvalue weighted by molar-refractivity contribution is -0.384. The van der Waals surface area contributed by atoms with Crippen molar-refractivity contribution < 1.29 is 9.66 Å². The number of benzene rings is 3. The van der Waals surface area contributed by atoms with Crippen molar-refractivity contribution >= 4 is 23.5 Å². The molecule has 11 nitrogen and oxygen atoms in total. The molecule has 5 rings (SSSR count). The molecule has 0 saturated carbocycles.